The first-order valence-electron chi connectivity index (χ1n) is 7.47. The molecule has 0 spiro atoms. The number of hydrogen-bond acceptors (Lipinski definition) is 4. The van der Waals surface area contributed by atoms with Crippen molar-refractivity contribution in [2.75, 3.05) is 6.54 Å². The molecule has 2 rings (SSSR count). The van der Waals surface area contributed by atoms with Gasteiger partial charge in [-0.1, -0.05) is 19.9 Å². The minimum absolute atomic E-state index is 0.346. The minimum atomic E-state index is -0.731. The molecule has 2 aromatic rings. The van der Waals surface area contributed by atoms with E-state index in [1.54, 1.807) is 16.0 Å². The highest BCUT2D eigenvalue weighted by Gasteiger charge is 2.19. The standard InChI is InChI=1S/C16H23N3O2S/c1-11(2)7-12(16(20)21)8-17-9-13-10-19(3)18-15(13)14-5-4-6-22-14/h4-6,10-12,17H,7-9H2,1-3H3,(H,20,21). The van der Waals surface area contributed by atoms with Crippen LogP contribution in [0.2, 0.25) is 0 Å². The fraction of sp³-hybridized carbons (Fsp3) is 0.500. The van der Waals surface area contributed by atoms with Crippen LogP contribution < -0.4 is 5.32 Å². The van der Waals surface area contributed by atoms with E-state index in [1.165, 1.54) is 0 Å². The second-order valence-corrected chi connectivity index (χ2v) is 6.90. The molecule has 0 aliphatic heterocycles. The summed E-state index contributed by atoms with van der Waals surface area (Å²) in [5, 5.41) is 19.1. The molecular formula is C16H23N3O2S. The lowest BCUT2D eigenvalue weighted by atomic mass is 9.97. The number of thiophene rings is 1. The van der Waals surface area contributed by atoms with Gasteiger partial charge < -0.3 is 10.4 Å². The monoisotopic (exact) mass is 321 g/mol. The lowest BCUT2D eigenvalue weighted by molar-refractivity contribution is -0.142. The Bertz CT molecular complexity index is 605. The van der Waals surface area contributed by atoms with Crippen LogP contribution >= 0.6 is 11.3 Å². The van der Waals surface area contributed by atoms with Crippen LogP contribution in [0.5, 0.6) is 0 Å². The highest BCUT2D eigenvalue weighted by atomic mass is 32.1. The Morgan fingerprint density at radius 3 is 2.86 bits per heavy atom. The van der Waals surface area contributed by atoms with Crippen molar-refractivity contribution in [3.63, 3.8) is 0 Å². The summed E-state index contributed by atoms with van der Waals surface area (Å²) in [4.78, 5) is 12.4. The molecule has 2 heterocycles. The van der Waals surface area contributed by atoms with Crippen molar-refractivity contribution in [3.8, 4) is 10.6 Å². The highest BCUT2D eigenvalue weighted by molar-refractivity contribution is 7.13. The van der Waals surface area contributed by atoms with Crippen molar-refractivity contribution in [2.45, 2.75) is 26.8 Å². The molecule has 0 saturated heterocycles. The second kappa shape index (κ2) is 7.56. The number of nitrogens with zero attached hydrogens (tertiary/aromatic N) is 2. The molecule has 0 saturated carbocycles. The number of rotatable bonds is 8. The number of hydrogen-bond donors (Lipinski definition) is 2. The fourth-order valence-electron chi connectivity index (χ4n) is 2.51. The summed E-state index contributed by atoms with van der Waals surface area (Å²) in [6.45, 7) is 5.20. The largest absolute Gasteiger partial charge is 0.481 e. The van der Waals surface area contributed by atoms with Crippen molar-refractivity contribution in [3.05, 3.63) is 29.3 Å². The van der Waals surface area contributed by atoms with E-state index in [-0.39, 0.29) is 5.92 Å². The van der Waals surface area contributed by atoms with Crippen LogP contribution in [-0.2, 0) is 18.4 Å². The van der Waals surface area contributed by atoms with E-state index in [0.29, 0.717) is 25.4 Å². The molecule has 0 amide bonds. The minimum Gasteiger partial charge on any atom is -0.481 e. The summed E-state index contributed by atoms with van der Waals surface area (Å²) in [6, 6.07) is 4.06. The van der Waals surface area contributed by atoms with Gasteiger partial charge in [-0.25, -0.2) is 0 Å². The van der Waals surface area contributed by atoms with E-state index >= 15 is 0 Å². The number of nitrogens with one attached hydrogen (secondary N) is 1. The van der Waals surface area contributed by atoms with Gasteiger partial charge in [0.1, 0.15) is 5.69 Å². The van der Waals surface area contributed by atoms with Crippen LogP contribution in [0.1, 0.15) is 25.8 Å². The molecule has 2 aromatic heterocycles. The maximum Gasteiger partial charge on any atom is 0.307 e. The van der Waals surface area contributed by atoms with Gasteiger partial charge in [-0.15, -0.1) is 11.3 Å². The molecule has 2 N–H and O–H groups in total. The second-order valence-electron chi connectivity index (χ2n) is 5.95. The summed E-state index contributed by atoms with van der Waals surface area (Å²) >= 11 is 1.66. The molecule has 0 fully saturated rings. The van der Waals surface area contributed by atoms with Crippen LogP contribution in [0.25, 0.3) is 10.6 Å². The SMILES string of the molecule is CC(C)CC(CNCc1cn(C)nc1-c1cccs1)C(=O)O. The van der Waals surface area contributed by atoms with Crippen molar-refractivity contribution in [2.24, 2.45) is 18.9 Å². The number of carbonyl (C=O) groups is 1. The quantitative estimate of drug-likeness (QED) is 0.784. The van der Waals surface area contributed by atoms with Crippen molar-refractivity contribution < 1.29 is 9.90 Å². The maximum absolute atomic E-state index is 11.3. The van der Waals surface area contributed by atoms with E-state index in [9.17, 15) is 9.90 Å². The van der Waals surface area contributed by atoms with Crippen LogP contribution in [0.4, 0.5) is 0 Å². The van der Waals surface area contributed by atoms with Gasteiger partial charge in [0.25, 0.3) is 0 Å². The Morgan fingerprint density at radius 1 is 1.50 bits per heavy atom. The molecule has 0 aliphatic rings. The summed E-state index contributed by atoms with van der Waals surface area (Å²) in [7, 11) is 1.90. The Hall–Kier alpha value is -1.66. The molecular weight excluding hydrogens is 298 g/mol. The molecule has 0 aromatic carbocycles. The third-order valence-electron chi connectivity index (χ3n) is 3.47. The van der Waals surface area contributed by atoms with Gasteiger partial charge in [0.2, 0.25) is 0 Å². The average molecular weight is 321 g/mol. The van der Waals surface area contributed by atoms with E-state index in [4.69, 9.17) is 0 Å². The van der Waals surface area contributed by atoms with E-state index in [0.717, 1.165) is 16.1 Å². The first kappa shape index (κ1) is 16.7. The molecule has 6 heteroatoms. The van der Waals surface area contributed by atoms with Crippen LogP contribution in [0.3, 0.4) is 0 Å². The molecule has 0 aliphatic carbocycles. The van der Waals surface area contributed by atoms with Crippen molar-refractivity contribution >= 4 is 17.3 Å². The normalized spacial score (nSPS) is 12.7. The van der Waals surface area contributed by atoms with E-state index in [1.807, 2.05) is 38.5 Å². The highest BCUT2D eigenvalue weighted by Crippen LogP contribution is 2.26. The zero-order chi connectivity index (χ0) is 16.1. The average Bonchev–Trinajstić information content (AvgIpc) is 3.06. The first-order chi connectivity index (χ1) is 10.5. The van der Waals surface area contributed by atoms with Crippen LogP contribution in [0, 0.1) is 11.8 Å². The van der Waals surface area contributed by atoms with Crippen LogP contribution in [0.15, 0.2) is 23.7 Å². The molecule has 22 heavy (non-hydrogen) atoms. The first-order valence-corrected chi connectivity index (χ1v) is 8.35. The predicted molar refractivity (Wildman–Crippen MR) is 88.8 cm³/mol. The number of carboxylic acid groups (broad SMARTS) is 1. The topological polar surface area (TPSA) is 67.2 Å². The molecule has 1 unspecified atom stereocenters. The molecule has 120 valence electrons. The number of aryl methyl sites for hydroxylation is 1. The van der Waals surface area contributed by atoms with Gasteiger partial charge in [-0.3, -0.25) is 9.48 Å². The third-order valence-corrected chi connectivity index (χ3v) is 4.35. The Labute approximate surface area is 135 Å². The molecule has 0 radical (unpaired) electrons. The maximum atomic E-state index is 11.3. The molecule has 5 nitrogen and oxygen atoms in total. The van der Waals surface area contributed by atoms with Gasteiger partial charge in [0, 0.05) is 31.9 Å². The number of carboxylic acids is 1. The van der Waals surface area contributed by atoms with Gasteiger partial charge >= 0.3 is 5.97 Å². The number of aliphatic carboxylic acids is 1. The fourth-order valence-corrected chi connectivity index (χ4v) is 3.25. The van der Waals surface area contributed by atoms with Crippen molar-refractivity contribution in [1.29, 1.82) is 0 Å². The summed E-state index contributed by atoms with van der Waals surface area (Å²) in [6.07, 6.45) is 2.67. The Morgan fingerprint density at radius 2 is 2.27 bits per heavy atom. The van der Waals surface area contributed by atoms with E-state index < -0.39 is 5.97 Å². The molecule has 1 atom stereocenters. The lowest BCUT2D eigenvalue weighted by Gasteiger charge is -2.15. The van der Waals surface area contributed by atoms with Crippen molar-refractivity contribution in [1.82, 2.24) is 15.1 Å². The third kappa shape index (κ3) is 4.42. The summed E-state index contributed by atoms with van der Waals surface area (Å²) < 4.78 is 1.80. The van der Waals surface area contributed by atoms with Gasteiger partial charge in [0.05, 0.1) is 10.8 Å². The summed E-state index contributed by atoms with van der Waals surface area (Å²) in [5.74, 6) is -0.698. The van der Waals surface area contributed by atoms with Gasteiger partial charge in [-0.2, -0.15) is 5.10 Å². The van der Waals surface area contributed by atoms with Crippen LogP contribution in [-0.4, -0.2) is 27.4 Å². The van der Waals surface area contributed by atoms with Gasteiger partial charge in [0.15, 0.2) is 0 Å². The van der Waals surface area contributed by atoms with Gasteiger partial charge in [-0.05, 0) is 23.8 Å². The van der Waals surface area contributed by atoms with E-state index in [2.05, 4.69) is 16.5 Å². The molecule has 0 bridgehead atoms. The Kier molecular flexibility index (Phi) is 5.74. The number of aromatic nitrogens is 2. The predicted octanol–water partition coefficient (Wildman–Crippen LogP) is 2.99. The zero-order valence-electron chi connectivity index (χ0n) is 13.2. The zero-order valence-corrected chi connectivity index (χ0v) is 14.1. The summed E-state index contributed by atoms with van der Waals surface area (Å²) in [5.41, 5.74) is 2.07. The Balaban J connectivity index is 1.98. The lowest BCUT2D eigenvalue weighted by Crippen LogP contribution is -2.29. The smallest absolute Gasteiger partial charge is 0.307 e.